The molecule has 5 heteroatoms. The largest absolute Gasteiger partial charge is 0.507 e. The summed E-state index contributed by atoms with van der Waals surface area (Å²) in [5.41, 5.74) is 1.35. The van der Waals surface area contributed by atoms with Gasteiger partial charge in [-0.25, -0.2) is 0 Å². The molecule has 1 saturated heterocycles. The van der Waals surface area contributed by atoms with Crippen LogP contribution in [0.3, 0.4) is 0 Å². The Hall–Kier alpha value is -1.26. The molecule has 4 nitrogen and oxygen atoms in total. The monoisotopic (exact) mass is 310 g/mol. The standard InChI is InChI=1S/C16H23ClN2O2/c1-4-19-9-5-6-12(19)10-18-11(2)15-14(20)8-7-13(17)16(15)21-3/h7-8,12,20H,4-6,9-10H2,1-3H3. The van der Waals surface area contributed by atoms with E-state index in [0.29, 0.717) is 22.4 Å². The number of rotatable bonds is 5. The second-order valence-corrected chi connectivity index (χ2v) is 5.73. The summed E-state index contributed by atoms with van der Waals surface area (Å²) in [7, 11) is 1.55. The van der Waals surface area contributed by atoms with Gasteiger partial charge in [0, 0.05) is 11.8 Å². The molecular formula is C16H23ClN2O2. The van der Waals surface area contributed by atoms with Crippen LogP contribution in [0.25, 0.3) is 0 Å². The Balaban J connectivity index is 2.21. The third-order valence-electron chi connectivity index (χ3n) is 4.10. The fraction of sp³-hybridized carbons (Fsp3) is 0.562. The van der Waals surface area contributed by atoms with Crippen molar-refractivity contribution in [2.45, 2.75) is 32.7 Å². The second kappa shape index (κ2) is 7.14. The van der Waals surface area contributed by atoms with Crippen LogP contribution in [0.2, 0.25) is 5.02 Å². The summed E-state index contributed by atoms with van der Waals surface area (Å²) >= 11 is 6.12. The molecule has 1 aromatic carbocycles. The second-order valence-electron chi connectivity index (χ2n) is 5.33. The number of nitrogens with zero attached hydrogens (tertiary/aromatic N) is 2. The number of likely N-dealkylation sites (tertiary alicyclic amines) is 1. The van der Waals surface area contributed by atoms with Gasteiger partial charge in [-0.15, -0.1) is 0 Å². The van der Waals surface area contributed by atoms with E-state index < -0.39 is 0 Å². The highest BCUT2D eigenvalue weighted by molar-refractivity contribution is 6.33. The van der Waals surface area contributed by atoms with Gasteiger partial charge in [-0.1, -0.05) is 18.5 Å². The van der Waals surface area contributed by atoms with Crippen molar-refractivity contribution in [2.24, 2.45) is 4.99 Å². The van der Waals surface area contributed by atoms with Crippen LogP contribution in [-0.2, 0) is 0 Å². The summed E-state index contributed by atoms with van der Waals surface area (Å²) in [4.78, 5) is 7.11. The highest BCUT2D eigenvalue weighted by Crippen LogP contribution is 2.35. The number of hydrogen-bond acceptors (Lipinski definition) is 4. The first-order valence-electron chi connectivity index (χ1n) is 7.39. The molecule has 1 aliphatic heterocycles. The number of benzene rings is 1. The van der Waals surface area contributed by atoms with Gasteiger partial charge in [0.15, 0.2) is 0 Å². The summed E-state index contributed by atoms with van der Waals surface area (Å²) in [6.45, 7) is 7.03. The maximum absolute atomic E-state index is 10.1. The third kappa shape index (κ3) is 3.50. The van der Waals surface area contributed by atoms with Crippen LogP contribution in [0.4, 0.5) is 0 Å². The molecule has 2 rings (SSSR count). The summed E-state index contributed by atoms with van der Waals surface area (Å²) in [6.07, 6.45) is 2.42. The van der Waals surface area contributed by atoms with Crippen molar-refractivity contribution < 1.29 is 9.84 Å². The molecule has 0 spiro atoms. The molecular weight excluding hydrogens is 288 g/mol. The van der Waals surface area contributed by atoms with Gasteiger partial charge in [-0.3, -0.25) is 9.89 Å². The van der Waals surface area contributed by atoms with Crippen molar-refractivity contribution in [3.8, 4) is 11.5 Å². The van der Waals surface area contributed by atoms with E-state index in [4.69, 9.17) is 16.3 Å². The first-order chi connectivity index (χ1) is 10.1. The van der Waals surface area contributed by atoms with Crippen LogP contribution in [0.15, 0.2) is 17.1 Å². The molecule has 1 N–H and O–H groups in total. The van der Waals surface area contributed by atoms with Crippen LogP contribution in [0, 0.1) is 0 Å². The molecule has 1 fully saturated rings. The fourth-order valence-corrected chi connectivity index (χ4v) is 3.17. The fourth-order valence-electron chi connectivity index (χ4n) is 2.94. The zero-order chi connectivity index (χ0) is 15.4. The molecule has 1 unspecified atom stereocenters. The molecule has 1 atom stereocenters. The normalized spacial score (nSPS) is 20.0. The Labute approximate surface area is 131 Å². The number of phenolic OH excluding ortho intramolecular Hbond substituents is 1. The lowest BCUT2D eigenvalue weighted by Gasteiger charge is -2.21. The number of phenols is 1. The average Bonchev–Trinajstić information content (AvgIpc) is 2.94. The molecule has 1 aromatic rings. The molecule has 1 aliphatic rings. The minimum absolute atomic E-state index is 0.149. The number of methoxy groups -OCH3 is 1. The van der Waals surface area contributed by atoms with Crippen molar-refractivity contribution in [1.82, 2.24) is 4.90 Å². The van der Waals surface area contributed by atoms with Crippen LogP contribution in [-0.4, -0.2) is 48.5 Å². The van der Waals surface area contributed by atoms with Gasteiger partial charge < -0.3 is 9.84 Å². The molecule has 21 heavy (non-hydrogen) atoms. The number of likely N-dealkylation sites (N-methyl/N-ethyl adjacent to an activating group) is 1. The van der Waals surface area contributed by atoms with Crippen molar-refractivity contribution in [1.29, 1.82) is 0 Å². The van der Waals surface area contributed by atoms with Crippen LogP contribution < -0.4 is 4.74 Å². The highest BCUT2D eigenvalue weighted by Gasteiger charge is 2.23. The van der Waals surface area contributed by atoms with E-state index in [2.05, 4.69) is 16.8 Å². The van der Waals surface area contributed by atoms with Gasteiger partial charge >= 0.3 is 0 Å². The van der Waals surface area contributed by atoms with Gasteiger partial charge in [-0.05, 0) is 45.0 Å². The molecule has 0 amide bonds. The SMILES string of the molecule is CCN1CCCC1CN=C(C)c1c(O)ccc(Cl)c1OC. The molecule has 0 radical (unpaired) electrons. The number of aliphatic imine (C=N–C) groups is 1. The quantitative estimate of drug-likeness (QED) is 0.848. The van der Waals surface area contributed by atoms with Crippen molar-refractivity contribution in [3.63, 3.8) is 0 Å². The maximum Gasteiger partial charge on any atom is 0.150 e. The zero-order valence-corrected chi connectivity index (χ0v) is 13.7. The maximum atomic E-state index is 10.1. The molecule has 116 valence electrons. The van der Waals surface area contributed by atoms with Crippen LogP contribution >= 0.6 is 11.6 Å². The molecule has 1 heterocycles. The predicted octanol–water partition coefficient (Wildman–Crippen LogP) is 3.35. The average molecular weight is 311 g/mol. The Kier molecular flexibility index (Phi) is 5.48. The Morgan fingerprint density at radius 3 is 2.95 bits per heavy atom. The number of aromatic hydroxyl groups is 1. The van der Waals surface area contributed by atoms with Gasteiger partial charge in [0.1, 0.15) is 11.5 Å². The van der Waals surface area contributed by atoms with Gasteiger partial charge in [0.05, 0.1) is 24.2 Å². The minimum Gasteiger partial charge on any atom is -0.507 e. The van der Waals surface area contributed by atoms with E-state index in [-0.39, 0.29) is 5.75 Å². The first-order valence-corrected chi connectivity index (χ1v) is 7.77. The van der Waals surface area contributed by atoms with Crippen molar-refractivity contribution >= 4 is 17.3 Å². The lowest BCUT2D eigenvalue weighted by atomic mass is 10.1. The van der Waals surface area contributed by atoms with E-state index in [1.807, 2.05) is 6.92 Å². The van der Waals surface area contributed by atoms with Crippen LogP contribution in [0.1, 0.15) is 32.3 Å². The topological polar surface area (TPSA) is 45.1 Å². The molecule has 0 bridgehead atoms. The van der Waals surface area contributed by atoms with Gasteiger partial charge in [0.2, 0.25) is 0 Å². The van der Waals surface area contributed by atoms with E-state index >= 15 is 0 Å². The lowest BCUT2D eigenvalue weighted by Crippen LogP contribution is -2.31. The van der Waals surface area contributed by atoms with E-state index in [9.17, 15) is 5.11 Å². The zero-order valence-electron chi connectivity index (χ0n) is 12.9. The van der Waals surface area contributed by atoms with Gasteiger partial charge in [-0.2, -0.15) is 0 Å². The third-order valence-corrected chi connectivity index (χ3v) is 4.40. The minimum atomic E-state index is 0.149. The highest BCUT2D eigenvalue weighted by atomic mass is 35.5. The summed E-state index contributed by atoms with van der Waals surface area (Å²) in [6, 6.07) is 3.70. The number of ether oxygens (including phenoxy) is 1. The van der Waals surface area contributed by atoms with Crippen LogP contribution in [0.5, 0.6) is 11.5 Å². The van der Waals surface area contributed by atoms with Crippen molar-refractivity contribution in [2.75, 3.05) is 26.7 Å². The smallest absolute Gasteiger partial charge is 0.150 e. The molecule has 0 saturated carbocycles. The van der Waals surface area contributed by atoms with E-state index in [1.54, 1.807) is 19.2 Å². The lowest BCUT2D eigenvalue weighted by molar-refractivity contribution is 0.273. The number of hydrogen-bond donors (Lipinski definition) is 1. The number of halogens is 1. The Morgan fingerprint density at radius 2 is 2.29 bits per heavy atom. The molecule has 0 aromatic heterocycles. The summed E-state index contributed by atoms with van der Waals surface area (Å²) in [5.74, 6) is 0.632. The van der Waals surface area contributed by atoms with Gasteiger partial charge in [0.25, 0.3) is 0 Å². The van der Waals surface area contributed by atoms with Crippen molar-refractivity contribution in [3.05, 3.63) is 22.7 Å². The summed E-state index contributed by atoms with van der Waals surface area (Å²) in [5, 5.41) is 10.6. The van der Waals surface area contributed by atoms with E-state index in [1.165, 1.54) is 12.8 Å². The Morgan fingerprint density at radius 1 is 1.52 bits per heavy atom. The Bertz CT molecular complexity index is 531. The molecule has 0 aliphatic carbocycles. The van der Waals surface area contributed by atoms with E-state index in [0.717, 1.165) is 25.3 Å². The summed E-state index contributed by atoms with van der Waals surface area (Å²) < 4.78 is 5.31. The predicted molar refractivity (Wildman–Crippen MR) is 87.0 cm³/mol. The first kappa shape index (κ1) is 16.1.